The number of likely N-dealkylation sites (tertiary alicyclic amines) is 1. The first kappa shape index (κ1) is 14.7. The van der Waals surface area contributed by atoms with Gasteiger partial charge in [-0.15, -0.1) is 0 Å². The summed E-state index contributed by atoms with van der Waals surface area (Å²) in [7, 11) is 3.89. The number of benzene rings is 1. The van der Waals surface area contributed by atoms with Crippen LogP contribution in [0.15, 0.2) is 18.2 Å². The summed E-state index contributed by atoms with van der Waals surface area (Å²) in [5.74, 6) is 0.0924. The van der Waals surface area contributed by atoms with Crippen molar-refractivity contribution < 1.29 is 4.79 Å². The van der Waals surface area contributed by atoms with E-state index in [2.05, 4.69) is 13.8 Å². The molecule has 1 aromatic carbocycles. The van der Waals surface area contributed by atoms with Gasteiger partial charge in [-0.25, -0.2) is 0 Å². The molecule has 1 aromatic rings. The maximum Gasteiger partial charge on any atom is 0.253 e. The second-order valence-electron chi connectivity index (χ2n) is 6.66. The molecule has 2 N–H and O–H groups in total. The number of anilines is 2. The first-order valence-corrected chi connectivity index (χ1v) is 7.16. The highest BCUT2D eigenvalue weighted by Crippen LogP contribution is 2.30. The highest BCUT2D eigenvalue weighted by Gasteiger charge is 2.29. The summed E-state index contributed by atoms with van der Waals surface area (Å²) in [6.45, 7) is 6.10. The fourth-order valence-electron chi connectivity index (χ4n) is 2.87. The Morgan fingerprint density at radius 3 is 2.60 bits per heavy atom. The van der Waals surface area contributed by atoms with Crippen LogP contribution < -0.4 is 10.6 Å². The van der Waals surface area contributed by atoms with Crippen molar-refractivity contribution in [2.75, 3.05) is 37.8 Å². The van der Waals surface area contributed by atoms with Crippen LogP contribution in [0.2, 0.25) is 0 Å². The topological polar surface area (TPSA) is 49.6 Å². The Labute approximate surface area is 121 Å². The summed E-state index contributed by atoms with van der Waals surface area (Å²) in [6, 6.07) is 5.58. The van der Waals surface area contributed by atoms with Gasteiger partial charge in [0.05, 0.1) is 11.4 Å². The van der Waals surface area contributed by atoms with Gasteiger partial charge in [-0.3, -0.25) is 4.79 Å². The molecule has 0 atom stereocenters. The van der Waals surface area contributed by atoms with Crippen LogP contribution in [0, 0.1) is 5.41 Å². The number of hydrogen-bond donors (Lipinski definition) is 1. The first-order chi connectivity index (χ1) is 9.30. The second-order valence-corrected chi connectivity index (χ2v) is 6.66. The Kier molecular flexibility index (Phi) is 3.93. The van der Waals surface area contributed by atoms with E-state index in [1.54, 1.807) is 6.07 Å². The van der Waals surface area contributed by atoms with E-state index in [9.17, 15) is 4.79 Å². The molecular formula is C16H25N3O. The quantitative estimate of drug-likeness (QED) is 0.844. The molecule has 0 unspecified atom stereocenters. The van der Waals surface area contributed by atoms with Crippen molar-refractivity contribution in [1.82, 2.24) is 4.90 Å². The molecule has 2 rings (SSSR count). The molecule has 1 heterocycles. The van der Waals surface area contributed by atoms with E-state index in [1.165, 1.54) is 6.42 Å². The van der Waals surface area contributed by atoms with Crippen LogP contribution in [0.5, 0.6) is 0 Å². The van der Waals surface area contributed by atoms with Gasteiger partial charge in [0.25, 0.3) is 5.91 Å². The Morgan fingerprint density at radius 1 is 1.35 bits per heavy atom. The molecule has 4 heteroatoms. The fraction of sp³-hybridized carbons (Fsp3) is 0.562. The molecular weight excluding hydrogens is 250 g/mol. The highest BCUT2D eigenvalue weighted by molar-refractivity contribution is 5.96. The van der Waals surface area contributed by atoms with E-state index in [4.69, 9.17) is 5.73 Å². The molecule has 1 saturated heterocycles. The van der Waals surface area contributed by atoms with Gasteiger partial charge in [-0.2, -0.15) is 0 Å². The number of carbonyl (C=O) groups is 1. The number of amides is 1. The van der Waals surface area contributed by atoms with Crippen LogP contribution in [0.4, 0.5) is 11.4 Å². The molecule has 1 aliphatic heterocycles. The minimum absolute atomic E-state index is 0.0924. The Balaban J connectivity index is 2.19. The zero-order valence-electron chi connectivity index (χ0n) is 12.9. The zero-order valence-corrected chi connectivity index (χ0v) is 12.9. The molecule has 0 radical (unpaired) electrons. The largest absolute Gasteiger partial charge is 0.397 e. The minimum atomic E-state index is 0.0924. The van der Waals surface area contributed by atoms with Crippen molar-refractivity contribution in [3.05, 3.63) is 23.8 Å². The number of nitrogens with two attached hydrogens (primary N) is 1. The average Bonchev–Trinajstić information content (AvgIpc) is 2.36. The van der Waals surface area contributed by atoms with Crippen LogP contribution in [0.3, 0.4) is 0 Å². The molecule has 0 bridgehead atoms. The lowest BCUT2D eigenvalue weighted by Crippen LogP contribution is -2.43. The second kappa shape index (κ2) is 5.35. The molecule has 0 saturated carbocycles. The van der Waals surface area contributed by atoms with Gasteiger partial charge in [0.1, 0.15) is 0 Å². The summed E-state index contributed by atoms with van der Waals surface area (Å²) < 4.78 is 0. The lowest BCUT2D eigenvalue weighted by molar-refractivity contribution is 0.0583. The van der Waals surface area contributed by atoms with Crippen molar-refractivity contribution in [2.45, 2.75) is 26.7 Å². The van der Waals surface area contributed by atoms with E-state index in [1.807, 2.05) is 36.0 Å². The molecule has 0 spiro atoms. The fourth-order valence-corrected chi connectivity index (χ4v) is 2.87. The predicted octanol–water partition coefficient (Wildman–Crippen LogP) is 2.60. The van der Waals surface area contributed by atoms with Gasteiger partial charge in [0.2, 0.25) is 0 Å². The molecule has 4 nitrogen and oxygen atoms in total. The van der Waals surface area contributed by atoms with Crippen LogP contribution >= 0.6 is 0 Å². The van der Waals surface area contributed by atoms with Gasteiger partial charge in [-0.05, 0) is 36.5 Å². The Hall–Kier alpha value is -1.71. The van der Waals surface area contributed by atoms with Crippen molar-refractivity contribution in [1.29, 1.82) is 0 Å². The first-order valence-electron chi connectivity index (χ1n) is 7.16. The summed E-state index contributed by atoms with van der Waals surface area (Å²) in [5, 5.41) is 0. The van der Waals surface area contributed by atoms with Gasteiger partial charge in [0, 0.05) is 32.7 Å². The molecule has 20 heavy (non-hydrogen) atoms. The Morgan fingerprint density at radius 2 is 2.05 bits per heavy atom. The number of hydrogen-bond acceptors (Lipinski definition) is 3. The van der Waals surface area contributed by atoms with E-state index in [0.717, 1.165) is 25.2 Å². The maximum absolute atomic E-state index is 12.6. The summed E-state index contributed by atoms with van der Waals surface area (Å²) in [5.41, 5.74) is 8.52. The van der Waals surface area contributed by atoms with Crippen LogP contribution in [0.25, 0.3) is 0 Å². The number of nitrogen functional groups attached to an aromatic ring is 1. The van der Waals surface area contributed by atoms with Gasteiger partial charge in [-0.1, -0.05) is 13.8 Å². The van der Waals surface area contributed by atoms with Gasteiger partial charge >= 0.3 is 0 Å². The molecule has 1 aliphatic rings. The van der Waals surface area contributed by atoms with E-state index < -0.39 is 0 Å². The van der Waals surface area contributed by atoms with Crippen molar-refractivity contribution in [3.63, 3.8) is 0 Å². The molecule has 1 fully saturated rings. The number of rotatable bonds is 2. The van der Waals surface area contributed by atoms with E-state index in [-0.39, 0.29) is 11.3 Å². The maximum atomic E-state index is 12.6. The monoisotopic (exact) mass is 275 g/mol. The van der Waals surface area contributed by atoms with Gasteiger partial charge < -0.3 is 15.5 Å². The van der Waals surface area contributed by atoms with Crippen molar-refractivity contribution in [3.8, 4) is 0 Å². The molecule has 1 amide bonds. The molecule has 110 valence electrons. The predicted molar refractivity (Wildman–Crippen MR) is 84.1 cm³/mol. The lowest BCUT2D eigenvalue weighted by Gasteiger charge is -2.38. The Bertz CT molecular complexity index is 508. The normalized spacial score (nSPS) is 17.9. The summed E-state index contributed by atoms with van der Waals surface area (Å²) in [6.07, 6.45) is 2.25. The van der Waals surface area contributed by atoms with Crippen molar-refractivity contribution in [2.24, 2.45) is 5.41 Å². The number of carbonyl (C=O) groups excluding carboxylic acids is 1. The zero-order chi connectivity index (χ0) is 14.9. The van der Waals surface area contributed by atoms with Crippen LogP contribution in [-0.4, -0.2) is 38.0 Å². The van der Waals surface area contributed by atoms with Crippen molar-refractivity contribution >= 4 is 17.3 Å². The number of piperidine rings is 1. The molecule has 0 aliphatic carbocycles. The lowest BCUT2D eigenvalue weighted by atomic mass is 9.84. The third-order valence-corrected chi connectivity index (χ3v) is 3.94. The summed E-state index contributed by atoms with van der Waals surface area (Å²) in [4.78, 5) is 16.5. The third-order valence-electron chi connectivity index (χ3n) is 3.94. The van der Waals surface area contributed by atoms with E-state index in [0.29, 0.717) is 11.3 Å². The smallest absolute Gasteiger partial charge is 0.253 e. The van der Waals surface area contributed by atoms with Crippen LogP contribution in [0.1, 0.15) is 37.0 Å². The highest BCUT2D eigenvalue weighted by atomic mass is 16.2. The molecule has 0 aromatic heterocycles. The van der Waals surface area contributed by atoms with Crippen LogP contribution in [-0.2, 0) is 0 Å². The average molecular weight is 275 g/mol. The standard InChI is InChI=1S/C16H25N3O/c1-16(2)8-5-9-19(11-16)15(20)12-6-7-14(18(3)4)13(17)10-12/h6-7,10H,5,8-9,11,17H2,1-4H3. The van der Waals surface area contributed by atoms with Gasteiger partial charge in [0.15, 0.2) is 0 Å². The third kappa shape index (κ3) is 3.06. The van der Waals surface area contributed by atoms with E-state index >= 15 is 0 Å². The summed E-state index contributed by atoms with van der Waals surface area (Å²) >= 11 is 0. The number of nitrogens with zero attached hydrogens (tertiary/aromatic N) is 2. The minimum Gasteiger partial charge on any atom is -0.397 e. The SMILES string of the molecule is CN(C)c1ccc(C(=O)N2CCCC(C)(C)C2)cc1N.